The summed E-state index contributed by atoms with van der Waals surface area (Å²) in [4.78, 5) is 24.7. The Morgan fingerprint density at radius 3 is 2.04 bits per heavy atom. The molecule has 0 unspecified atom stereocenters. The van der Waals surface area contributed by atoms with Crippen LogP contribution in [0.2, 0.25) is 0 Å². The smallest absolute Gasteiger partial charge is 0.255 e. The van der Waals surface area contributed by atoms with E-state index < -0.39 is 0 Å². The first-order valence-corrected chi connectivity index (χ1v) is 8.84. The van der Waals surface area contributed by atoms with Gasteiger partial charge in [-0.15, -0.1) is 0 Å². The van der Waals surface area contributed by atoms with Crippen molar-refractivity contribution in [2.24, 2.45) is 0 Å². The van der Waals surface area contributed by atoms with Gasteiger partial charge < -0.3 is 10.6 Å². The molecule has 0 heterocycles. The number of benzene rings is 3. The SMILES string of the molecule is Cc1ccc(NC(=O)c2ccc(C(=O)NCc3ccccc3)cc2)c(C)c1. The molecule has 2 amide bonds. The first-order valence-electron chi connectivity index (χ1n) is 8.84. The summed E-state index contributed by atoms with van der Waals surface area (Å²) in [7, 11) is 0. The second-order valence-electron chi connectivity index (χ2n) is 6.52. The molecule has 4 heteroatoms. The maximum absolute atomic E-state index is 12.4. The van der Waals surface area contributed by atoms with Gasteiger partial charge in [0.2, 0.25) is 0 Å². The van der Waals surface area contributed by atoms with E-state index in [1.807, 2.05) is 62.4 Å². The summed E-state index contributed by atoms with van der Waals surface area (Å²) >= 11 is 0. The maximum Gasteiger partial charge on any atom is 0.255 e. The quantitative estimate of drug-likeness (QED) is 0.706. The van der Waals surface area contributed by atoms with Crippen molar-refractivity contribution in [3.8, 4) is 0 Å². The fourth-order valence-corrected chi connectivity index (χ4v) is 2.80. The fourth-order valence-electron chi connectivity index (χ4n) is 2.80. The first-order chi connectivity index (χ1) is 13.0. The van der Waals surface area contributed by atoms with Crippen LogP contribution in [0.3, 0.4) is 0 Å². The largest absolute Gasteiger partial charge is 0.348 e. The summed E-state index contributed by atoms with van der Waals surface area (Å²) in [6.07, 6.45) is 0. The van der Waals surface area contributed by atoms with Crippen molar-refractivity contribution in [1.29, 1.82) is 0 Å². The number of carbonyl (C=O) groups excluding carboxylic acids is 2. The fraction of sp³-hybridized carbons (Fsp3) is 0.130. The summed E-state index contributed by atoms with van der Waals surface area (Å²) < 4.78 is 0. The van der Waals surface area contributed by atoms with Crippen LogP contribution in [-0.4, -0.2) is 11.8 Å². The molecule has 136 valence electrons. The molecule has 0 spiro atoms. The Kier molecular flexibility index (Phi) is 5.67. The van der Waals surface area contributed by atoms with E-state index in [4.69, 9.17) is 0 Å². The molecule has 0 fully saturated rings. The van der Waals surface area contributed by atoms with Crippen LogP contribution in [0.5, 0.6) is 0 Å². The van der Waals surface area contributed by atoms with Gasteiger partial charge in [0.15, 0.2) is 0 Å². The minimum Gasteiger partial charge on any atom is -0.348 e. The molecule has 0 aromatic heterocycles. The molecule has 0 bridgehead atoms. The summed E-state index contributed by atoms with van der Waals surface area (Å²) in [5.41, 5.74) is 5.02. The van der Waals surface area contributed by atoms with Crippen LogP contribution in [0.25, 0.3) is 0 Å². The normalized spacial score (nSPS) is 10.3. The Hall–Kier alpha value is -3.40. The topological polar surface area (TPSA) is 58.2 Å². The summed E-state index contributed by atoms with van der Waals surface area (Å²) in [5, 5.41) is 5.79. The molecule has 0 aliphatic carbocycles. The van der Waals surface area contributed by atoms with Gasteiger partial charge in [-0.1, -0.05) is 48.0 Å². The molecule has 0 atom stereocenters. The highest BCUT2D eigenvalue weighted by Crippen LogP contribution is 2.17. The van der Waals surface area contributed by atoms with E-state index in [-0.39, 0.29) is 11.8 Å². The van der Waals surface area contributed by atoms with Gasteiger partial charge >= 0.3 is 0 Å². The Morgan fingerprint density at radius 2 is 1.41 bits per heavy atom. The number of aryl methyl sites for hydroxylation is 2. The minimum absolute atomic E-state index is 0.166. The molecule has 3 aromatic rings. The van der Waals surface area contributed by atoms with Crippen LogP contribution in [-0.2, 0) is 6.54 Å². The van der Waals surface area contributed by atoms with Crippen LogP contribution in [0.15, 0.2) is 72.8 Å². The lowest BCUT2D eigenvalue weighted by molar-refractivity contribution is 0.0949. The number of carbonyl (C=O) groups is 2. The maximum atomic E-state index is 12.4. The second-order valence-corrected chi connectivity index (χ2v) is 6.52. The highest BCUT2D eigenvalue weighted by molar-refractivity contribution is 6.05. The van der Waals surface area contributed by atoms with Crippen molar-refractivity contribution in [2.75, 3.05) is 5.32 Å². The lowest BCUT2D eigenvalue weighted by Crippen LogP contribution is -2.23. The minimum atomic E-state index is -0.196. The van der Waals surface area contributed by atoms with E-state index in [1.54, 1.807) is 24.3 Å². The molecular formula is C23H22N2O2. The summed E-state index contributed by atoms with van der Waals surface area (Å²) in [5.74, 6) is -0.363. The zero-order chi connectivity index (χ0) is 19.2. The Balaban J connectivity index is 1.62. The van der Waals surface area contributed by atoms with Gasteiger partial charge in [0, 0.05) is 23.4 Å². The van der Waals surface area contributed by atoms with E-state index in [0.717, 1.165) is 22.4 Å². The van der Waals surface area contributed by atoms with Gasteiger partial charge in [-0.3, -0.25) is 9.59 Å². The lowest BCUT2D eigenvalue weighted by atomic mass is 10.1. The average molecular weight is 358 g/mol. The van der Waals surface area contributed by atoms with Crippen molar-refractivity contribution in [1.82, 2.24) is 5.32 Å². The Labute approximate surface area is 159 Å². The third kappa shape index (κ3) is 4.82. The van der Waals surface area contributed by atoms with Crippen molar-refractivity contribution >= 4 is 17.5 Å². The van der Waals surface area contributed by atoms with Gasteiger partial charge in [0.1, 0.15) is 0 Å². The van der Waals surface area contributed by atoms with Gasteiger partial charge in [0.05, 0.1) is 0 Å². The number of rotatable bonds is 5. The molecule has 0 saturated heterocycles. The van der Waals surface area contributed by atoms with Crippen LogP contribution in [0.4, 0.5) is 5.69 Å². The zero-order valence-corrected chi connectivity index (χ0v) is 15.5. The molecular weight excluding hydrogens is 336 g/mol. The Bertz CT molecular complexity index is 948. The van der Waals surface area contributed by atoms with Gasteiger partial charge in [-0.25, -0.2) is 0 Å². The second kappa shape index (κ2) is 8.32. The highest BCUT2D eigenvalue weighted by Gasteiger charge is 2.10. The van der Waals surface area contributed by atoms with E-state index in [0.29, 0.717) is 17.7 Å². The molecule has 4 nitrogen and oxygen atoms in total. The molecule has 3 aromatic carbocycles. The molecule has 2 N–H and O–H groups in total. The first kappa shape index (κ1) is 18.4. The van der Waals surface area contributed by atoms with Crippen LogP contribution in [0.1, 0.15) is 37.4 Å². The van der Waals surface area contributed by atoms with E-state index >= 15 is 0 Å². The molecule has 27 heavy (non-hydrogen) atoms. The van der Waals surface area contributed by atoms with Crippen molar-refractivity contribution < 1.29 is 9.59 Å². The van der Waals surface area contributed by atoms with Crippen LogP contribution >= 0.6 is 0 Å². The number of hydrogen-bond donors (Lipinski definition) is 2. The van der Waals surface area contributed by atoms with Crippen molar-refractivity contribution in [3.05, 3.63) is 101 Å². The van der Waals surface area contributed by atoms with Gasteiger partial charge in [0.25, 0.3) is 11.8 Å². The van der Waals surface area contributed by atoms with Crippen molar-refractivity contribution in [3.63, 3.8) is 0 Å². The lowest BCUT2D eigenvalue weighted by Gasteiger charge is -2.10. The van der Waals surface area contributed by atoms with E-state index in [1.165, 1.54) is 0 Å². The molecule has 0 aliphatic heterocycles. The van der Waals surface area contributed by atoms with Gasteiger partial charge in [-0.2, -0.15) is 0 Å². The number of anilines is 1. The standard InChI is InChI=1S/C23H22N2O2/c1-16-8-13-21(17(2)14-16)25-23(27)20-11-9-19(10-12-20)22(26)24-15-18-6-4-3-5-7-18/h3-14H,15H2,1-2H3,(H,24,26)(H,25,27). The van der Waals surface area contributed by atoms with E-state index in [9.17, 15) is 9.59 Å². The molecule has 0 radical (unpaired) electrons. The monoisotopic (exact) mass is 358 g/mol. The molecule has 3 rings (SSSR count). The van der Waals surface area contributed by atoms with Crippen LogP contribution in [0, 0.1) is 13.8 Å². The van der Waals surface area contributed by atoms with Gasteiger partial charge in [-0.05, 0) is 55.3 Å². The number of nitrogens with one attached hydrogen (secondary N) is 2. The highest BCUT2D eigenvalue weighted by atomic mass is 16.2. The predicted octanol–water partition coefficient (Wildman–Crippen LogP) is 4.49. The predicted molar refractivity (Wildman–Crippen MR) is 108 cm³/mol. The Morgan fingerprint density at radius 1 is 0.778 bits per heavy atom. The average Bonchev–Trinajstić information content (AvgIpc) is 2.69. The van der Waals surface area contributed by atoms with E-state index in [2.05, 4.69) is 10.6 Å². The number of hydrogen-bond acceptors (Lipinski definition) is 2. The van der Waals surface area contributed by atoms with Crippen LogP contribution < -0.4 is 10.6 Å². The molecule has 0 saturated carbocycles. The summed E-state index contributed by atoms with van der Waals surface area (Å²) in [6, 6.07) is 22.3. The van der Waals surface area contributed by atoms with Crippen molar-refractivity contribution in [2.45, 2.75) is 20.4 Å². The summed E-state index contributed by atoms with van der Waals surface area (Å²) in [6.45, 7) is 4.44. The molecule has 0 aliphatic rings. The third-order valence-corrected chi connectivity index (χ3v) is 4.34. The zero-order valence-electron chi connectivity index (χ0n) is 15.5. The third-order valence-electron chi connectivity index (χ3n) is 4.34. The number of amides is 2.